The van der Waals surface area contributed by atoms with Crippen molar-refractivity contribution < 1.29 is 0 Å². The van der Waals surface area contributed by atoms with Gasteiger partial charge in [0.15, 0.2) is 0 Å². The summed E-state index contributed by atoms with van der Waals surface area (Å²) in [5.41, 5.74) is 1.45. The van der Waals surface area contributed by atoms with Crippen molar-refractivity contribution >= 4 is 0 Å². The molecule has 15 heavy (non-hydrogen) atoms. The summed E-state index contributed by atoms with van der Waals surface area (Å²) in [7, 11) is 2.09. The van der Waals surface area contributed by atoms with Crippen LogP contribution in [0.3, 0.4) is 0 Å². The number of nitrogens with one attached hydrogen (secondary N) is 1. The maximum Gasteiger partial charge on any atom is 0.0107 e. The van der Waals surface area contributed by atoms with E-state index < -0.39 is 0 Å². The van der Waals surface area contributed by atoms with Gasteiger partial charge in [-0.1, -0.05) is 49.6 Å². The summed E-state index contributed by atoms with van der Waals surface area (Å²) in [5, 5.41) is 3.45. The average Bonchev–Trinajstić information content (AvgIpc) is 2.23. The first-order valence-corrected chi connectivity index (χ1v) is 6.09. The summed E-state index contributed by atoms with van der Waals surface area (Å²) in [6, 6.07) is 11.5. The fourth-order valence-corrected chi connectivity index (χ4v) is 2.33. The molecule has 1 atom stereocenters. The van der Waals surface area contributed by atoms with Gasteiger partial charge in [-0.05, 0) is 31.4 Å². The van der Waals surface area contributed by atoms with Crippen molar-refractivity contribution in [3.63, 3.8) is 0 Å². The molecule has 1 heteroatoms. The number of hydrogen-bond acceptors (Lipinski definition) is 1. The topological polar surface area (TPSA) is 12.0 Å². The molecule has 1 nitrogen and oxygen atoms in total. The molecule has 0 spiro atoms. The van der Waals surface area contributed by atoms with Crippen LogP contribution in [-0.2, 0) is 6.42 Å². The first-order valence-electron chi connectivity index (χ1n) is 6.09. The first-order chi connectivity index (χ1) is 7.38. The van der Waals surface area contributed by atoms with Gasteiger partial charge in [0.25, 0.3) is 0 Å². The summed E-state index contributed by atoms with van der Waals surface area (Å²) < 4.78 is 0. The van der Waals surface area contributed by atoms with E-state index in [9.17, 15) is 0 Å². The van der Waals surface area contributed by atoms with Crippen LogP contribution in [0.1, 0.15) is 31.2 Å². The number of hydrogen-bond donors (Lipinski definition) is 1. The Balaban J connectivity index is 1.84. The molecular formula is C14H21N. The predicted molar refractivity (Wildman–Crippen MR) is 65.0 cm³/mol. The third-order valence-electron chi connectivity index (χ3n) is 3.58. The van der Waals surface area contributed by atoms with Crippen molar-refractivity contribution in [1.82, 2.24) is 5.32 Å². The van der Waals surface area contributed by atoms with Crippen LogP contribution >= 0.6 is 0 Å². The molecule has 1 unspecified atom stereocenters. The minimum Gasteiger partial charge on any atom is -0.317 e. The molecule has 0 aliphatic heterocycles. The van der Waals surface area contributed by atoms with E-state index >= 15 is 0 Å². The fourth-order valence-electron chi connectivity index (χ4n) is 2.33. The van der Waals surface area contributed by atoms with Gasteiger partial charge in [-0.3, -0.25) is 0 Å². The van der Waals surface area contributed by atoms with Gasteiger partial charge in [0, 0.05) is 6.04 Å². The Hall–Kier alpha value is -0.820. The Morgan fingerprint density at radius 1 is 1.27 bits per heavy atom. The van der Waals surface area contributed by atoms with Crippen molar-refractivity contribution in [2.24, 2.45) is 5.92 Å². The third kappa shape index (κ3) is 3.07. The van der Waals surface area contributed by atoms with Gasteiger partial charge in [-0.2, -0.15) is 0 Å². The van der Waals surface area contributed by atoms with Crippen molar-refractivity contribution in [2.75, 3.05) is 7.05 Å². The lowest BCUT2D eigenvalue weighted by Crippen LogP contribution is -2.31. The quantitative estimate of drug-likeness (QED) is 0.775. The van der Waals surface area contributed by atoms with Crippen LogP contribution < -0.4 is 5.32 Å². The second-order valence-corrected chi connectivity index (χ2v) is 4.71. The molecule has 1 saturated carbocycles. The molecule has 0 aromatic heterocycles. The highest BCUT2D eigenvalue weighted by atomic mass is 14.9. The van der Waals surface area contributed by atoms with Gasteiger partial charge < -0.3 is 5.32 Å². The zero-order chi connectivity index (χ0) is 10.5. The van der Waals surface area contributed by atoms with E-state index in [1.807, 2.05) is 0 Å². The zero-order valence-electron chi connectivity index (χ0n) is 9.58. The van der Waals surface area contributed by atoms with Gasteiger partial charge in [-0.15, -0.1) is 0 Å². The number of likely N-dealkylation sites (N-methyl/N-ethyl adjacent to an activating group) is 1. The van der Waals surface area contributed by atoms with Crippen LogP contribution in [0, 0.1) is 5.92 Å². The van der Waals surface area contributed by atoms with E-state index in [-0.39, 0.29) is 0 Å². The minimum atomic E-state index is 0.665. The van der Waals surface area contributed by atoms with Gasteiger partial charge >= 0.3 is 0 Å². The van der Waals surface area contributed by atoms with Crippen LogP contribution in [0.25, 0.3) is 0 Å². The lowest BCUT2D eigenvalue weighted by atomic mass is 9.80. The molecule has 0 radical (unpaired) electrons. The smallest absolute Gasteiger partial charge is 0.0107 e. The van der Waals surface area contributed by atoms with Crippen LogP contribution in [0.4, 0.5) is 0 Å². The van der Waals surface area contributed by atoms with Crippen molar-refractivity contribution in [2.45, 2.75) is 38.1 Å². The van der Waals surface area contributed by atoms with E-state index in [1.165, 1.54) is 37.7 Å². The fraction of sp³-hybridized carbons (Fsp3) is 0.571. The first kappa shape index (κ1) is 10.7. The largest absolute Gasteiger partial charge is 0.317 e. The maximum atomic E-state index is 3.45. The van der Waals surface area contributed by atoms with Crippen LogP contribution in [0.5, 0.6) is 0 Å². The SMILES string of the molecule is CNC(Cc1ccccc1)CC1CCC1. The molecule has 0 heterocycles. The van der Waals surface area contributed by atoms with E-state index in [2.05, 4.69) is 42.7 Å². The Morgan fingerprint density at radius 3 is 2.53 bits per heavy atom. The van der Waals surface area contributed by atoms with Gasteiger partial charge in [-0.25, -0.2) is 0 Å². The maximum absolute atomic E-state index is 3.45. The highest BCUT2D eigenvalue weighted by molar-refractivity contribution is 5.15. The molecule has 0 bridgehead atoms. The molecular weight excluding hydrogens is 182 g/mol. The Bertz CT molecular complexity index is 277. The van der Waals surface area contributed by atoms with Crippen molar-refractivity contribution in [3.05, 3.63) is 35.9 Å². The molecule has 1 aromatic rings. The summed E-state index contributed by atoms with van der Waals surface area (Å²) >= 11 is 0. The lowest BCUT2D eigenvalue weighted by Gasteiger charge is -2.29. The van der Waals surface area contributed by atoms with Crippen molar-refractivity contribution in [3.8, 4) is 0 Å². The molecule has 0 saturated heterocycles. The number of benzene rings is 1. The normalized spacial score (nSPS) is 18.5. The van der Waals surface area contributed by atoms with Crippen LogP contribution in [0.2, 0.25) is 0 Å². The van der Waals surface area contributed by atoms with E-state index in [1.54, 1.807) is 0 Å². The predicted octanol–water partition coefficient (Wildman–Crippen LogP) is 3.01. The summed E-state index contributed by atoms with van der Waals surface area (Å²) in [6.07, 6.45) is 6.88. The molecule has 1 aliphatic rings. The molecule has 1 N–H and O–H groups in total. The number of rotatable bonds is 5. The van der Waals surface area contributed by atoms with Crippen molar-refractivity contribution in [1.29, 1.82) is 0 Å². The van der Waals surface area contributed by atoms with Crippen LogP contribution in [-0.4, -0.2) is 13.1 Å². The highest BCUT2D eigenvalue weighted by Crippen LogP contribution is 2.30. The highest BCUT2D eigenvalue weighted by Gasteiger charge is 2.21. The minimum absolute atomic E-state index is 0.665. The van der Waals surface area contributed by atoms with E-state index in [0.29, 0.717) is 6.04 Å². The average molecular weight is 203 g/mol. The molecule has 0 amide bonds. The van der Waals surface area contributed by atoms with E-state index in [4.69, 9.17) is 0 Å². The van der Waals surface area contributed by atoms with Gasteiger partial charge in [0.2, 0.25) is 0 Å². The molecule has 82 valence electrons. The molecule has 2 rings (SSSR count). The standard InChI is InChI=1S/C14H21N/c1-15-14(11-13-8-5-9-13)10-12-6-3-2-4-7-12/h2-4,6-7,13-15H,5,8-11H2,1H3. The van der Waals surface area contributed by atoms with Gasteiger partial charge in [0.05, 0.1) is 0 Å². The second kappa shape index (κ2) is 5.32. The van der Waals surface area contributed by atoms with Crippen LogP contribution in [0.15, 0.2) is 30.3 Å². The molecule has 1 fully saturated rings. The van der Waals surface area contributed by atoms with Gasteiger partial charge in [0.1, 0.15) is 0 Å². The third-order valence-corrected chi connectivity index (χ3v) is 3.58. The summed E-state index contributed by atoms with van der Waals surface area (Å²) in [5.74, 6) is 0.992. The Kier molecular flexibility index (Phi) is 3.79. The summed E-state index contributed by atoms with van der Waals surface area (Å²) in [6.45, 7) is 0. The molecule has 1 aromatic carbocycles. The molecule has 1 aliphatic carbocycles. The zero-order valence-corrected chi connectivity index (χ0v) is 9.58. The lowest BCUT2D eigenvalue weighted by molar-refractivity contribution is 0.263. The second-order valence-electron chi connectivity index (χ2n) is 4.71. The van der Waals surface area contributed by atoms with E-state index in [0.717, 1.165) is 5.92 Å². The Morgan fingerprint density at radius 2 is 2.00 bits per heavy atom. The monoisotopic (exact) mass is 203 g/mol. The summed E-state index contributed by atoms with van der Waals surface area (Å²) in [4.78, 5) is 0. The Labute approximate surface area is 92.9 Å².